The first-order valence-electron chi connectivity index (χ1n) is 7.08. The van der Waals surface area contributed by atoms with Gasteiger partial charge in [0.2, 0.25) is 0 Å². The molecule has 2 rings (SSSR count). The van der Waals surface area contributed by atoms with Crippen molar-refractivity contribution < 1.29 is 31.6 Å². The summed E-state index contributed by atoms with van der Waals surface area (Å²) in [5, 5.41) is 33.4. The van der Waals surface area contributed by atoms with Gasteiger partial charge < -0.3 is 0 Å². The van der Waals surface area contributed by atoms with Crippen molar-refractivity contribution in [3.05, 3.63) is 78.9 Å². The van der Waals surface area contributed by atoms with Crippen LogP contribution in [0.4, 0.5) is 11.4 Å². The number of nitrogens with zero attached hydrogens (tertiary/aromatic N) is 3. The lowest BCUT2D eigenvalue weighted by Crippen LogP contribution is -2.47. The Bertz CT molecular complexity index is 1160. The lowest BCUT2D eigenvalue weighted by atomic mass is 10.3. The molecule has 29 heavy (non-hydrogen) atoms. The molecule has 0 saturated heterocycles. The van der Waals surface area contributed by atoms with Crippen molar-refractivity contribution in [1.29, 1.82) is 0 Å². The van der Waals surface area contributed by atoms with Crippen molar-refractivity contribution in [1.82, 2.24) is 0 Å². The van der Waals surface area contributed by atoms with Gasteiger partial charge in [-0.15, -0.1) is 0 Å². The van der Waals surface area contributed by atoms with E-state index in [4.69, 9.17) is 0 Å². The van der Waals surface area contributed by atoms with Gasteiger partial charge in [0.05, 0.1) is 24.6 Å². The number of benzene rings is 2. The summed E-state index contributed by atoms with van der Waals surface area (Å²) < 4.78 is 47.6. The van der Waals surface area contributed by atoms with E-state index in [1.807, 2.05) is 0 Å². The minimum absolute atomic E-state index is 0.456. The van der Waals surface area contributed by atoms with E-state index in [1.165, 1.54) is 0 Å². The summed E-state index contributed by atoms with van der Waals surface area (Å²) in [4.78, 5) is 27.7. The van der Waals surface area contributed by atoms with E-state index in [0.29, 0.717) is 12.1 Å². The predicted molar refractivity (Wildman–Crippen MR) is 99.2 cm³/mol. The molecule has 0 bridgehead atoms. The van der Waals surface area contributed by atoms with Crippen LogP contribution in [0.3, 0.4) is 0 Å². The molecule has 0 N–H and O–H groups in total. The van der Waals surface area contributed by atoms with Crippen molar-refractivity contribution >= 4 is 47.0 Å². The van der Waals surface area contributed by atoms with Crippen molar-refractivity contribution in [2.45, 2.75) is 12.9 Å². The number of rotatable bonds is 7. The summed E-state index contributed by atoms with van der Waals surface area (Å²) in [6.45, 7) is 0. The van der Waals surface area contributed by atoms with Crippen molar-refractivity contribution in [3.8, 4) is 0 Å². The van der Waals surface area contributed by atoms with Gasteiger partial charge in [-0.05, 0) is 12.1 Å². The van der Waals surface area contributed by atoms with E-state index >= 15 is 0 Å². The Morgan fingerprint density at radius 3 is 1.34 bits per heavy atom. The third-order valence-electron chi connectivity index (χ3n) is 3.56. The van der Waals surface area contributed by atoms with Gasteiger partial charge in [-0.3, -0.25) is 30.3 Å². The molecule has 0 fully saturated rings. The number of sulfone groups is 2. The molecular formula is C13H8BrN3O10S2. The number of alkyl halides is 1. The first-order valence-corrected chi connectivity index (χ1v) is 10.8. The molecule has 13 nitrogen and oxygen atoms in total. The van der Waals surface area contributed by atoms with Gasteiger partial charge in [-0.25, -0.2) is 16.8 Å². The Kier molecular flexibility index (Phi) is 5.73. The highest BCUT2D eigenvalue weighted by atomic mass is 79.9. The van der Waals surface area contributed by atoms with E-state index < -0.39 is 58.7 Å². The van der Waals surface area contributed by atoms with Crippen LogP contribution in [-0.2, 0) is 19.7 Å². The third-order valence-corrected chi connectivity index (χ3v) is 11.1. The summed E-state index contributed by atoms with van der Waals surface area (Å²) in [6.07, 6.45) is 0. The van der Waals surface area contributed by atoms with Crippen molar-refractivity contribution in [3.63, 3.8) is 0 Å². The molecule has 2 aromatic carbocycles. The minimum Gasteiger partial charge on any atom is -0.261 e. The van der Waals surface area contributed by atoms with Crippen LogP contribution in [0.15, 0.2) is 58.3 Å². The number of nitro groups is 3. The predicted octanol–water partition coefficient (Wildman–Crippen LogP) is 2.03. The third kappa shape index (κ3) is 3.56. The second-order valence-corrected chi connectivity index (χ2v) is 11.9. The highest BCUT2D eigenvalue weighted by molar-refractivity contribution is 9.13. The fourth-order valence-corrected chi connectivity index (χ4v) is 7.06. The Labute approximate surface area is 170 Å². The summed E-state index contributed by atoms with van der Waals surface area (Å²) in [5.74, 6) is 0. The first kappa shape index (κ1) is 22.3. The van der Waals surface area contributed by atoms with Gasteiger partial charge in [0.15, 0.2) is 0 Å². The van der Waals surface area contributed by atoms with Crippen LogP contribution in [0.2, 0.25) is 0 Å². The SMILES string of the molecule is O=[N+]([O-])c1cccc(S(=O)(=O)C(Br)([N+](=O)[O-])S(=O)(=O)c2cccc([N+](=O)[O-])c2)c1. The zero-order valence-corrected chi connectivity index (χ0v) is 17.0. The molecule has 0 atom stereocenters. The maximum atomic E-state index is 12.9. The van der Waals surface area contributed by atoms with E-state index in [1.54, 1.807) is 0 Å². The molecule has 0 aliphatic rings. The maximum Gasteiger partial charge on any atom is 0.476 e. The maximum absolute atomic E-state index is 12.9. The number of hydrogen-bond acceptors (Lipinski definition) is 10. The monoisotopic (exact) mass is 509 g/mol. The fraction of sp³-hybridized carbons (Fsp3) is 0.0769. The molecule has 0 heterocycles. The topological polar surface area (TPSA) is 198 Å². The smallest absolute Gasteiger partial charge is 0.261 e. The van der Waals surface area contributed by atoms with Crippen LogP contribution in [0, 0.1) is 30.3 Å². The average Bonchev–Trinajstić information content (AvgIpc) is 2.66. The van der Waals surface area contributed by atoms with Crippen molar-refractivity contribution in [2.24, 2.45) is 0 Å². The standard InChI is InChI=1S/C13H8BrN3O10S2/c14-13(17(22)23,28(24,25)11-5-1-3-9(7-11)15(18)19)29(26,27)12-6-2-4-10(8-12)16(20)21/h1-8H. The van der Waals surface area contributed by atoms with Crippen molar-refractivity contribution in [2.75, 3.05) is 0 Å². The Morgan fingerprint density at radius 1 is 0.724 bits per heavy atom. The summed E-state index contributed by atoms with van der Waals surface area (Å²) >= 11 is 2.17. The molecule has 0 aromatic heterocycles. The van der Waals surface area contributed by atoms with E-state index in [-0.39, 0.29) is 0 Å². The average molecular weight is 510 g/mol. The number of non-ortho nitro benzene ring substituents is 2. The molecule has 16 heteroatoms. The van der Waals surface area contributed by atoms with Gasteiger partial charge in [0, 0.05) is 40.2 Å². The molecule has 0 radical (unpaired) electrons. The molecule has 2 aromatic rings. The van der Waals surface area contributed by atoms with Crippen LogP contribution in [0.1, 0.15) is 0 Å². The lowest BCUT2D eigenvalue weighted by molar-refractivity contribution is -0.484. The summed E-state index contributed by atoms with van der Waals surface area (Å²) in [5.41, 5.74) is -1.51. The normalized spacial score (nSPS) is 12.3. The van der Waals surface area contributed by atoms with Crippen LogP contribution < -0.4 is 0 Å². The quantitative estimate of drug-likeness (QED) is 0.230. The summed E-state index contributed by atoms with van der Waals surface area (Å²) in [6, 6.07) is 5.99. The molecule has 0 amide bonds. The van der Waals surface area contributed by atoms with Gasteiger partial charge in [-0.1, -0.05) is 12.1 Å². The van der Waals surface area contributed by atoms with Crippen LogP contribution in [0.5, 0.6) is 0 Å². The van der Waals surface area contributed by atoms with Gasteiger partial charge in [-0.2, -0.15) is 0 Å². The fourth-order valence-electron chi connectivity index (χ4n) is 2.16. The molecular weight excluding hydrogens is 502 g/mol. The second-order valence-electron chi connectivity index (χ2n) is 5.28. The Hall–Kier alpha value is -2.98. The molecule has 154 valence electrons. The molecule has 0 aliphatic heterocycles. The second kappa shape index (κ2) is 7.45. The van der Waals surface area contributed by atoms with Gasteiger partial charge in [0.1, 0.15) is 0 Å². The van der Waals surface area contributed by atoms with Gasteiger partial charge in [0.25, 0.3) is 31.0 Å². The largest absolute Gasteiger partial charge is 0.476 e. The molecule has 0 spiro atoms. The summed E-state index contributed by atoms with van der Waals surface area (Å²) in [7, 11) is -10.9. The number of halogens is 1. The number of nitro benzene ring substituents is 2. The molecule has 0 saturated carbocycles. The Morgan fingerprint density at radius 2 is 1.07 bits per heavy atom. The van der Waals surface area contributed by atoms with E-state index in [9.17, 15) is 47.2 Å². The van der Waals surface area contributed by atoms with Gasteiger partial charge >= 0.3 is 3.11 Å². The lowest BCUT2D eigenvalue weighted by Gasteiger charge is -2.19. The van der Waals surface area contributed by atoms with E-state index in [2.05, 4.69) is 15.9 Å². The zero-order chi connectivity index (χ0) is 22.2. The van der Waals surface area contributed by atoms with Crippen LogP contribution in [0.25, 0.3) is 0 Å². The zero-order valence-electron chi connectivity index (χ0n) is 13.7. The minimum atomic E-state index is -5.44. The highest BCUT2D eigenvalue weighted by Crippen LogP contribution is 2.42. The van der Waals surface area contributed by atoms with Crippen LogP contribution in [-0.4, -0.2) is 34.7 Å². The Balaban J connectivity index is 2.81. The first-order chi connectivity index (χ1) is 13.3. The highest BCUT2D eigenvalue weighted by Gasteiger charge is 2.66. The molecule has 0 unspecified atom stereocenters. The van der Waals surface area contributed by atoms with Crippen LogP contribution >= 0.6 is 15.9 Å². The number of hydrogen-bond donors (Lipinski definition) is 0. The molecule has 0 aliphatic carbocycles. The van der Waals surface area contributed by atoms with E-state index in [0.717, 1.165) is 36.4 Å².